The van der Waals surface area contributed by atoms with Crippen molar-refractivity contribution < 1.29 is 5.11 Å². The van der Waals surface area contributed by atoms with Crippen LogP contribution >= 0.6 is 15.9 Å². The number of halogens is 1. The quantitative estimate of drug-likeness (QED) is 0.855. The molecule has 0 aromatic carbocycles. The summed E-state index contributed by atoms with van der Waals surface area (Å²) in [5, 5.41) is 18.8. The highest BCUT2D eigenvalue weighted by molar-refractivity contribution is 9.10. The van der Waals surface area contributed by atoms with Crippen molar-refractivity contribution in [1.29, 1.82) is 0 Å². The second-order valence-corrected chi connectivity index (χ2v) is 5.84. The molecule has 4 nitrogen and oxygen atoms in total. The molecule has 2 unspecified atom stereocenters. The van der Waals surface area contributed by atoms with E-state index in [-0.39, 0.29) is 0 Å². The van der Waals surface area contributed by atoms with Gasteiger partial charge >= 0.3 is 0 Å². The molecule has 2 rings (SSSR count). The van der Waals surface area contributed by atoms with Gasteiger partial charge in [-0.2, -0.15) is 0 Å². The van der Waals surface area contributed by atoms with Crippen LogP contribution in [0.3, 0.4) is 0 Å². The van der Waals surface area contributed by atoms with E-state index in [1.807, 2.05) is 7.05 Å². The first-order chi connectivity index (χ1) is 8.07. The van der Waals surface area contributed by atoms with Crippen molar-refractivity contribution in [3.05, 3.63) is 10.3 Å². The first-order valence-electron chi connectivity index (χ1n) is 6.35. The molecular weight excluding hydrogens is 282 g/mol. The molecule has 96 valence electrons. The van der Waals surface area contributed by atoms with Crippen molar-refractivity contribution in [2.75, 3.05) is 0 Å². The van der Waals surface area contributed by atoms with Gasteiger partial charge in [0.05, 0.1) is 0 Å². The number of rotatable bonds is 2. The van der Waals surface area contributed by atoms with Gasteiger partial charge in [-0.05, 0) is 47.5 Å². The lowest BCUT2D eigenvalue weighted by molar-refractivity contribution is 0.0110. The van der Waals surface area contributed by atoms with E-state index in [0.29, 0.717) is 4.60 Å². The van der Waals surface area contributed by atoms with E-state index in [1.165, 1.54) is 12.8 Å². The van der Waals surface area contributed by atoms with Crippen molar-refractivity contribution in [3.8, 4) is 0 Å². The summed E-state index contributed by atoms with van der Waals surface area (Å²) in [6.45, 7) is 2.23. The molecule has 2 atom stereocenters. The minimum absolute atomic E-state index is 0.678. The maximum absolute atomic E-state index is 10.9. The van der Waals surface area contributed by atoms with E-state index in [4.69, 9.17) is 0 Å². The average Bonchev–Trinajstić information content (AvgIpc) is 2.53. The highest BCUT2D eigenvalue weighted by Crippen LogP contribution is 2.40. The molecule has 17 heavy (non-hydrogen) atoms. The van der Waals surface area contributed by atoms with Gasteiger partial charge < -0.3 is 5.11 Å². The molecule has 0 bridgehead atoms. The minimum Gasteiger partial charge on any atom is -0.383 e. The van der Waals surface area contributed by atoms with Gasteiger partial charge in [-0.15, -0.1) is 5.10 Å². The van der Waals surface area contributed by atoms with E-state index in [1.54, 1.807) is 4.68 Å². The van der Waals surface area contributed by atoms with Crippen LogP contribution in [0, 0.1) is 5.92 Å². The Labute approximate surface area is 111 Å². The first kappa shape index (κ1) is 13.0. The summed E-state index contributed by atoms with van der Waals surface area (Å²) < 4.78 is 2.37. The van der Waals surface area contributed by atoms with Crippen molar-refractivity contribution in [2.45, 2.75) is 51.0 Å². The Balaban J connectivity index is 2.24. The molecule has 0 radical (unpaired) electrons. The van der Waals surface area contributed by atoms with Crippen molar-refractivity contribution >= 4 is 15.9 Å². The van der Waals surface area contributed by atoms with Gasteiger partial charge in [0.15, 0.2) is 4.60 Å². The molecule has 1 saturated carbocycles. The van der Waals surface area contributed by atoms with Crippen molar-refractivity contribution in [3.63, 3.8) is 0 Å². The Morgan fingerprint density at radius 2 is 2.24 bits per heavy atom. The van der Waals surface area contributed by atoms with Gasteiger partial charge in [0.1, 0.15) is 11.3 Å². The van der Waals surface area contributed by atoms with Crippen LogP contribution in [0.2, 0.25) is 0 Å². The fourth-order valence-electron chi connectivity index (χ4n) is 2.87. The lowest BCUT2D eigenvalue weighted by atomic mass is 9.90. The Hall–Kier alpha value is -0.420. The fraction of sp³-hybridized carbons (Fsp3) is 0.833. The Morgan fingerprint density at radius 3 is 2.82 bits per heavy atom. The third-order valence-electron chi connectivity index (χ3n) is 3.97. The summed E-state index contributed by atoms with van der Waals surface area (Å²) in [5.74, 6) is 0.754. The SMILES string of the molecule is CCC1CCCC(O)(c2c(Br)nnn2C)CC1. The van der Waals surface area contributed by atoms with E-state index < -0.39 is 5.60 Å². The van der Waals surface area contributed by atoms with Gasteiger partial charge in [-0.1, -0.05) is 25.0 Å². The number of nitrogens with zero attached hydrogens (tertiary/aromatic N) is 3. The zero-order valence-corrected chi connectivity index (χ0v) is 12.1. The van der Waals surface area contributed by atoms with Gasteiger partial charge in [-0.3, -0.25) is 0 Å². The molecule has 0 spiro atoms. The summed E-state index contributed by atoms with van der Waals surface area (Å²) in [5.41, 5.74) is 0.0651. The molecule has 0 saturated heterocycles. The molecule has 1 aliphatic rings. The predicted octanol–water partition coefficient (Wildman–Crippen LogP) is 2.76. The third-order valence-corrected chi connectivity index (χ3v) is 4.51. The van der Waals surface area contributed by atoms with E-state index in [9.17, 15) is 5.11 Å². The Bertz CT molecular complexity index is 374. The third kappa shape index (κ3) is 2.55. The zero-order chi connectivity index (χ0) is 12.5. The summed E-state index contributed by atoms with van der Waals surface area (Å²) in [7, 11) is 1.84. The van der Waals surface area contributed by atoms with Crippen LogP contribution in [0.25, 0.3) is 0 Å². The molecule has 1 heterocycles. The smallest absolute Gasteiger partial charge is 0.154 e. The Morgan fingerprint density at radius 1 is 1.47 bits per heavy atom. The van der Waals surface area contributed by atoms with Crippen LogP contribution in [-0.4, -0.2) is 20.1 Å². The van der Waals surface area contributed by atoms with Crippen LogP contribution in [0.4, 0.5) is 0 Å². The molecule has 0 aliphatic heterocycles. The van der Waals surface area contributed by atoms with Crippen LogP contribution < -0.4 is 0 Å². The number of hydrogen-bond donors (Lipinski definition) is 1. The van der Waals surface area contributed by atoms with E-state index in [0.717, 1.165) is 37.3 Å². The van der Waals surface area contributed by atoms with Crippen LogP contribution in [0.15, 0.2) is 4.60 Å². The zero-order valence-electron chi connectivity index (χ0n) is 10.5. The van der Waals surface area contributed by atoms with Gasteiger partial charge in [0.25, 0.3) is 0 Å². The highest BCUT2D eigenvalue weighted by atomic mass is 79.9. The summed E-state index contributed by atoms with van der Waals surface area (Å²) in [6, 6.07) is 0. The number of aryl methyl sites for hydroxylation is 1. The van der Waals surface area contributed by atoms with Crippen molar-refractivity contribution in [2.24, 2.45) is 13.0 Å². The second kappa shape index (κ2) is 5.06. The summed E-state index contributed by atoms with van der Waals surface area (Å²) >= 11 is 3.39. The lowest BCUT2D eigenvalue weighted by Crippen LogP contribution is -2.28. The van der Waals surface area contributed by atoms with Crippen LogP contribution in [0.5, 0.6) is 0 Å². The largest absolute Gasteiger partial charge is 0.383 e. The maximum Gasteiger partial charge on any atom is 0.154 e. The van der Waals surface area contributed by atoms with Gasteiger partial charge in [-0.25, -0.2) is 4.68 Å². The molecule has 1 aliphatic carbocycles. The molecule has 1 fully saturated rings. The van der Waals surface area contributed by atoms with Crippen LogP contribution in [-0.2, 0) is 12.6 Å². The second-order valence-electron chi connectivity index (χ2n) is 5.09. The lowest BCUT2D eigenvalue weighted by Gasteiger charge is -2.26. The maximum atomic E-state index is 10.9. The minimum atomic E-state index is -0.763. The number of aliphatic hydroxyl groups is 1. The van der Waals surface area contributed by atoms with Gasteiger partial charge in [0.2, 0.25) is 0 Å². The molecule has 0 amide bonds. The summed E-state index contributed by atoms with van der Waals surface area (Å²) in [6.07, 6.45) is 6.22. The average molecular weight is 302 g/mol. The number of aromatic nitrogens is 3. The monoisotopic (exact) mass is 301 g/mol. The van der Waals surface area contributed by atoms with Gasteiger partial charge in [0, 0.05) is 7.05 Å². The molecule has 5 heteroatoms. The van der Waals surface area contributed by atoms with E-state index in [2.05, 4.69) is 33.2 Å². The number of hydrogen-bond acceptors (Lipinski definition) is 3. The Kier molecular flexibility index (Phi) is 3.88. The topological polar surface area (TPSA) is 50.9 Å². The predicted molar refractivity (Wildman–Crippen MR) is 69.5 cm³/mol. The molecule has 1 aromatic heterocycles. The van der Waals surface area contributed by atoms with Crippen molar-refractivity contribution in [1.82, 2.24) is 15.0 Å². The van der Waals surface area contributed by atoms with Crippen LogP contribution in [0.1, 0.15) is 51.1 Å². The standard InChI is InChI=1S/C12H20BrN3O/c1-3-9-5-4-7-12(17,8-6-9)10-11(13)14-15-16(10)2/h9,17H,3-8H2,1-2H3. The first-order valence-corrected chi connectivity index (χ1v) is 7.14. The molecule has 1 aromatic rings. The summed E-state index contributed by atoms with van der Waals surface area (Å²) in [4.78, 5) is 0. The van der Waals surface area contributed by atoms with E-state index >= 15 is 0 Å². The molecule has 1 N–H and O–H groups in total. The highest BCUT2D eigenvalue weighted by Gasteiger charge is 2.37. The fourth-order valence-corrected chi connectivity index (χ4v) is 3.56. The normalized spacial score (nSPS) is 30.2. The molecular formula is C12H20BrN3O.